The van der Waals surface area contributed by atoms with Crippen LogP contribution < -0.4 is 5.73 Å². The van der Waals surface area contributed by atoms with Crippen molar-refractivity contribution in [3.8, 4) is 0 Å². The summed E-state index contributed by atoms with van der Waals surface area (Å²) in [6.07, 6.45) is 10.4. The summed E-state index contributed by atoms with van der Waals surface area (Å²) in [5, 5.41) is 5.94. The first-order valence-electron chi connectivity index (χ1n) is 3.53. The number of allylic oxidation sites excluding steroid dienone is 3. The SMILES string of the molecule is NC1=CC2=CCC=NN2C=C1. The van der Waals surface area contributed by atoms with Crippen molar-refractivity contribution in [1.29, 1.82) is 0 Å². The molecule has 2 aliphatic heterocycles. The highest BCUT2D eigenvalue weighted by atomic mass is 15.4. The molecule has 0 bridgehead atoms. The third kappa shape index (κ3) is 1.05. The molecule has 2 aliphatic rings. The largest absolute Gasteiger partial charge is 0.399 e. The Balaban J connectivity index is 2.34. The van der Waals surface area contributed by atoms with Crippen molar-refractivity contribution < 1.29 is 0 Å². The molecular formula is C8H9N3. The van der Waals surface area contributed by atoms with E-state index in [1.54, 1.807) is 5.01 Å². The molecule has 2 N–H and O–H groups in total. The molecule has 2 rings (SSSR count). The van der Waals surface area contributed by atoms with Crippen LogP contribution >= 0.6 is 0 Å². The maximum absolute atomic E-state index is 5.60. The van der Waals surface area contributed by atoms with Gasteiger partial charge in [0.1, 0.15) is 0 Å². The highest BCUT2D eigenvalue weighted by Crippen LogP contribution is 2.17. The quantitative estimate of drug-likeness (QED) is 0.553. The van der Waals surface area contributed by atoms with Crippen molar-refractivity contribution in [3.63, 3.8) is 0 Å². The fourth-order valence-electron chi connectivity index (χ4n) is 1.09. The third-order valence-electron chi connectivity index (χ3n) is 1.63. The van der Waals surface area contributed by atoms with E-state index in [0.717, 1.165) is 17.8 Å². The molecule has 0 saturated carbocycles. The zero-order valence-corrected chi connectivity index (χ0v) is 6.07. The summed E-state index contributed by atoms with van der Waals surface area (Å²) in [6.45, 7) is 0. The molecule has 0 aliphatic carbocycles. The molecule has 0 amide bonds. The van der Waals surface area contributed by atoms with E-state index in [-0.39, 0.29) is 0 Å². The lowest BCUT2D eigenvalue weighted by Gasteiger charge is -2.21. The van der Waals surface area contributed by atoms with E-state index in [2.05, 4.69) is 11.2 Å². The van der Waals surface area contributed by atoms with Gasteiger partial charge in [-0.2, -0.15) is 5.10 Å². The third-order valence-corrected chi connectivity index (χ3v) is 1.63. The zero-order chi connectivity index (χ0) is 7.68. The van der Waals surface area contributed by atoms with Gasteiger partial charge in [0.2, 0.25) is 0 Å². The lowest BCUT2D eigenvalue weighted by Crippen LogP contribution is -2.16. The number of hydrogen-bond acceptors (Lipinski definition) is 3. The van der Waals surface area contributed by atoms with Crippen LogP contribution in [0.2, 0.25) is 0 Å². The van der Waals surface area contributed by atoms with Crippen LogP contribution in [-0.4, -0.2) is 11.2 Å². The summed E-state index contributed by atoms with van der Waals surface area (Å²) < 4.78 is 0. The van der Waals surface area contributed by atoms with Crippen molar-refractivity contribution in [2.45, 2.75) is 6.42 Å². The molecule has 0 atom stereocenters. The minimum absolute atomic E-state index is 0.782. The molecular weight excluding hydrogens is 138 g/mol. The summed E-state index contributed by atoms with van der Waals surface area (Å²) in [6, 6.07) is 0. The number of nitrogens with zero attached hydrogens (tertiary/aromatic N) is 2. The normalized spacial score (nSPS) is 20.9. The second-order valence-electron chi connectivity index (χ2n) is 2.47. The Morgan fingerprint density at radius 3 is 3.36 bits per heavy atom. The first-order valence-corrected chi connectivity index (χ1v) is 3.53. The molecule has 56 valence electrons. The Morgan fingerprint density at radius 2 is 2.45 bits per heavy atom. The van der Waals surface area contributed by atoms with Crippen LogP contribution in [-0.2, 0) is 0 Å². The van der Waals surface area contributed by atoms with E-state index in [4.69, 9.17) is 5.73 Å². The van der Waals surface area contributed by atoms with Crippen molar-refractivity contribution in [2.75, 3.05) is 0 Å². The molecule has 3 nitrogen and oxygen atoms in total. The van der Waals surface area contributed by atoms with Gasteiger partial charge in [0.15, 0.2) is 0 Å². The second-order valence-corrected chi connectivity index (χ2v) is 2.47. The van der Waals surface area contributed by atoms with Gasteiger partial charge in [-0.15, -0.1) is 0 Å². The maximum Gasteiger partial charge on any atom is 0.0629 e. The van der Waals surface area contributed by atoms with Crippen molar-refractivity contribution in [1.82, 2.24) is 5.01 Å². The van der Waals surface area contributed by atoms with Gasteiger partial charge in [-0.05, 0) is 12.2 Å². The van der Waals surface area contributed by atoms with E-state index in [1.165, 1.54) is 0 Å². The minimum Gasteiger partial charge on any atom is -0.399 e. The Labute approximate surface area is 65.2 Å². The first-order chi connectivity index (χ1) is 5.36. The van der Waals surface area contributed by atoms with Crippen LogP contribution in [0.4, 0.5) is 0 Å². The highest BCUT2D eigenvalue weighted by molar-refractivity contribution is 5.62. The number of rotatable bonds is 0. The monoisotopic (exact) mass is 147 g/mol. The van der Waals surface area contributed by atoms with Gasteiger partial charge in [0, 0.05) is 24.5 Å². The van der Waals surface area contributed by atoms with Crippen LogP contribution in [0.5, 0.6) is 0 Å². The number of fused-ring (bicyclic) bond motifs is 1. The Hall–Kier alpha value is -1.51. The summed E-state index contributed by atoms with van der Waals surface area (Å²) in [4.78, 5) is 0. The van der Waals surface area contributed by atoms with Crippen molar-refractivity contribution in [3.05, 3.63) is 35.8 Å². The first kappa shape index (κ1) is 6.22. The molecule has 0 aromatic heterocycles. The molecule has 0 saturated heterocycles. The van der Waals surface area contributed by atoms with Crippen molar-refractivity contribution >= 4 is 6.21 Å². The van der Waals surface area contributed by atoms with Crippen LogP contribution in [0.15, 0.2) is 40.9 Å². The number of hydrazone groups is 1. The minimum atomic E-state index is 0.782. The van der Waals surface area contributed by atoms with Crippen molar-refractivity contribution in [2.24, 2.45) is 10.8 Å². The number of nitrogens with two attached hydrogens (primary N) is 1. The lowest BCUT2D eigenvalue weighted by molar-refractivity contribution is 0.501. The molecule has 0 spiro atoms. The van der Waals surface area contributed by atoms with Gasteiger partial charge in [-0.25, -0.2) is 5.01 Å². The van der Waals surface area contributed by atoms with E-state index in [0.29, 0.717) is 0 Å². The second kappa shape index (κ2) is 2.27. The Bertz CT molecular complexity index is 284. The van der Waals surface area contributed by atoms with Crippen LogP contribution in [0.3, 0.4) is 0 Å². The molecule has 0 radical (unpaired) electrons. The van der Waals surface area contributed by atoms with Gasteiger partial charge in [-0.3, -0.25) is 0 Å². The topological polar surface area (TPSA) is 41.6 Å². The maximum atomic E-state index is 5.60. The van der Waals surface area contributed by atoms with E-state index >= 15 is 0 Å². The van der Waals surface area contributed by atoms with Crippen LogP contribution in [0, 0.1) is 0 Å². The van der Waals surface area contributed by atoms with Gasteiger partial charge in [0.05, 0.1) is 5.70 Å². The average Bonchev–Trinajstić information content (AvgIpc) is 2.04. The summed E-state index contributed by atoms with van der Waals surface area (Å²) >= 11 is 0. The number of hydrogen-bond donors (Lipinski definition) is 1. The predicted molar refractivity (Wildman–Crippen MR) is 44.4 cm³/mol. The molecule has 11 heavy (non-hydrogen) atoms. The average molecular weight is 147 g/mol. The van der Waals surface area contributed by atoms with Gasteiger partial charge < -0.3 is 5.73 Å². The Kier molecular flexibility index (Phi) is 1.28. The van der Waals surface area contributed by atoms with Gasteiger partial charge >= 0.3 is 0 Å². The van der Waals surface area contributed by atoms with Crippen LogP contribution in [0.1, 0.15) is 6.42 Å². The molecule has 0 fully saturated rings. The van der Waals surface area contributed by atoms with Gasteiger partial charge in [0.25, 0.3) is 0 Å². The van der Waals surface area contributed by atoms with E-state index < -0.39 is 0 Å². The molecule has 0 unspecified atom stereocenters. The van der Waals surface area contributed by atoms with E-state index in [9.17, 15) is 0 Å². The fraction of sp³-hybridized carbons (Fsp3) is 0.125. The Morgan fingerprint density at radius 1 is 1.55 bits per heavy atom. The zero-order valence-electron chi connectivity index (χ0n) is 6.07. The van der Waals surface area contributed by atoms with Gasteiger partial charge in [-0.1, -0.05) is 6.08 Å². The predicted octanol–water partition coefficient (Wildman–Crippen LogP) is 0.932. The summed E-state index contributed by atoms with van der Waals surface area (Å²) in [7, 11) is 0. The fourth-order valence-corrected chi connectivity index (χ4v) is 1.09. The smallest absolute Gasteiger partial charge is 0.0629 e. The standard InChI is InChI=1S/C8H9N3/c9-7-3-5-11-8(6-7)2-1-4-10-11/h2-6H,1,9H2. The van der Waals surface area contributed by atoms with Crippen LogP contribution in [0.25, 0.3) is 0 Å². The lowest BCUT2D eigenvalue weighted by atomic mass is 10.2. The highest BCUT2D eigenvalue weighted by Gasteiger charge is 2.08. The summed E-state index contributed by atoms with van der Waals surface area (Å²) in [5.74, 6) is 0. The molecule has 3 heteroatoms. The van der Waals surface area contributed by atoms with E-state index in [1.807, 2.05) is 24.6 Å². The summed E-state index contributed by atoms with van der Waals surface area (Å²) in [5.41, 5.74) is 7.44. The molecule has 0 aromatic rings. The molecule has 2 heterocycles. The molecule has 0 aromatic carbocycles.